The molecule has 1 N–H and O–H groups in total. The first-order valence-corrected chi connectivity index (χ1v) is 14.7. The van der Waals surface area contributed by atoms with Crippen LogP contribution in [0.2, 0.25) is 10.0 Å². The Kier molecular flexibility index (Phi) is 10.4. The van der Waals surface area contributed by atoms with Gasteiger partial charge in [0, 0.05) is 23.1 Å². The van der Waals surface area contributed by atoms with Gasteiger partial charge in [-0.3, -0.25) is 13.9 Å². The maximum Gasteiger partial charge on any atom is 0.264 e. The highest BCUT2D eigenvalue weighted by Gasteiger charge is 2.33. The molecule has 0 saturated carbocycles. The molecule has 0 saturated heterocycles. The van der Waals surface area contributed by atoms with E-state index in [1.165, 1.54) is 17.0 Å². The zero-order valence-electron chi connectivity index (χ0n) is 22.4. The third kappa shape index (κ3) is 7.97. The normalized spacial score (nSPS) is 12.2. The van der Waals surface area contributed by atoms with Crippen molar-refractivity contribution in [3.63, 3.8) is 0 Å². The third-order valence-electron chi connectivity index (χ3n) is 6.16. The maximum atomic E-state index is 13.9. The number of sulfonamides is 1. The number of hydrogen-bond donors (Lipinski definition) is 1. The summed E-state index contributed by atoms with van der Waals surface area (Å²) >= 11 is 12.2. The van der Waals surface area contributed by atoms with Crippen LogP contribution in [0.1, 0.15) is 31.9 Å². The summed E-state index contributed by atoms with van der Waals surface area (Å²) < 4.78 is 28.7. The molecule has 0 aliphatic heterocycles. The van der Waals surface area contributed by atoms with Crippen molar-refractivity contribution in [2.45, 2.75) is 45.2 Å². The van der Waals surface area contributed by atoms with Gasteiger partial charge in [0.25, 0.3) is 10.0 Å². The number of carbonyl (C=O) groups is 2. The third-order valence-corrected chi connectivity index (χ3v) is 8.42. The van der Waals surface area contributed by atoms with Crippen molar-refractivity contribution in [2.24, 2.45) is 5.92 Å². The molecule has 10 heteroatoms. The Morgan fingerprint density at radius 1 is 0.897 bits per heavy atom. The number of benzene rings is 3. The van der Waals surface area contributed by atoms with Crippen molar-refractivity contribution in [1.29, 1.82) is 0 Å². The summed E-state index contributed by atoms with van der Waals surface area (Å²) in [6, 6.07) is 18.8. The molecule has 39 heavy (non-hydrogen) atoms. The number of nitrogens with zero attached hydrogens (tertiary/aromatic N) is 2. The molecule has 0 aromatic heterocycles. The quantitative estimate of drug-likeness (QED) is 0.311. The van der Waals surface area contributed by atoms with Gasteiger partial charge in [0.15, 0.2) is 0 Å². The summed E-state index contributed by atoms with van der Waals surface area (Å²) in [4.78, 5) is 28.4. The Labute approximate surface area is 240 Å². The van der Waals surface area contributed by atoms with Crippen LogP contribution in [-0.2, 0) is 26.2 Å². The first-order chi connectivity index (χ1) is 18.4. The Morgan fingerprint density at radius 2 is 1.51 bits per heavy atom. The average molecular weight is 591 g/mol. The van der Waals surface area contributed by atoms with Crippen LogP contribution in [0.4, 0.5) is 5.69 Å². The van der Waals surface area contributed by atoms with Gasteiger partial charge in [0.2, 0.25) is 11.8 Å². The minimum atomic E-state index is -4.14. The molecule has 0 bridgehead atoms. The van der Waals surface area contributed by atoms with Gasteiger partial charge in [-0.1, -0.05) is 67.4 Å². The van der Waals surface area contributed by atoms with Crippen LogP contribution in [0, 0.1) is 12.8 Å². The van der Waals surface area contributed by atoms with Crippen molar-refractivity contribution in [1.82, 2.24) is 10.2 Å². The van der Waals surface area contributed by atoms with E-state index in [-0.39, 0.29) is 23.3 Å². The van der Waals surface area contributed by atoms with E-state index in [1.807, 2.05) is 13.8 Å². The molecule has 0 aliphatic rings. The molecule has 0 heterocycles. The number of carbonyl (C=O) groups excluding carboxylic acids is 2. The molecular weight excluding hydrogens is 557 g/mol. The number of amides is 2. The second kappa shape index (κ2) is 13.3. The largest absolute Gasteiger partial charge is 0.354 e. The smallest absolute Gasteiger partial charge is 0.264 e. The van der Waals surface area contributed by atoms with Crippen LogP contribution in [-0.4, -0.2) is 44.3 Å². The lowest BCUT2D eigenvalue weighted by atomic mass is 10.1. The lowest BCUT2D eigenvalue weighted by Gasteiger charge is -2.32. The van der Waals surface area contributed by atoms with Crippen LogP contribution < -0.4 is 9.62 Å². The first-order valence-electron chi connectivity index (χ1n) is 12.6. The molecule has 0 aliphatic carbocycles. The van der Waals surface area contributed by atoms with Crippen LogP contribution in [0.15, 0.2) is 77.7 Å². The predicted octanol–water partition coefficient (Wildman–Crippen LogP) is 5.69. The van der Waals surface area contributed by atoms with Crippen molar-refractivity contribution in [3.8, 4) is 0 Å². The van der Waals surface area contributed by atoms with Gasteiger partial charge in [-0.15, -0.1) is 0 Å². The summed E-state index contributed by atoms with van der Waals surface area (Å²) in [5.41, 5.74) is 1.65. The van der Waals surface area contributed by atoms with E-state index >= 15 is 0 Å². The zero-order chi connectivity index (χ0) is 28.7. The number of rotatable bonds is 11. The molecule has 0 fully saturated rings. The second-order valence-corrected chi connectivity index (χ2v) is 12.5. The Balaban J connectivity index is 2.03. The van der Waals surface area contributed by atoms with Crippen LogP contribution in [0.25, 0.3) is 0 Å². The number of aryl methyl sites for hydroxylation is 1. The van der Waals surface area contributed by atoms with Crippen molar-refractivity contribution < 1.29 is 18.0 Å². The zero-order valence-corrected chi connectivity index (χ0v) is 24.7. The summed E-state index contributed by atoms with van der Waals surface area (Å²) in [6.07, 6.45) is 0. The van der Waals surface area contributed by atoms with Crippen LogP contribution >= 0.6 is 23.2 Å². The Bertz CT molecular complexity index is 1400. The number of anilines is 1. The van der Waals surface area contributed by atoms with Gasteiger partial charge in [-0.25, -0.2) is 8.42 Å². The molecule has 3 aromatic rings. The van der Waals surface area contributed by atoms with E-state index < -0.39 is 28.5 Å². The van der Waals surface area contributed by atoms with E-state index in [0.29, 0.717) is 27.8 Å². The number of halogens is 2. The molecule has 1 unspecified atom stereocenters. The lowest BCUT2D eigenvalue weighted by Crippen LogP contribution is -2.51. The molecule has 3 rings (SSSR count). The Morgan fingerprint density at radius 3 is 2.10 bits per heavy atom. The highest BCUT2D eigenvalue weighted by Crippen LogP contribution is 2.29. The summed E-state index contributed by atoms with van der Waals surface area (Å²) in [5, 5.41) is 3.85. The fraction of sp³-hybridized carbons (Fsp3) is 0.310. The van der Waals surface area contributed by atoms with Gasteiger partial charge in [0.1, 0.15) is 12.6 Å². The van der Waals surface area contributed by atoms with Crippen molar-refractivity contribution in [2.75, 3.05) is 17.4 Å². The molecular formula is C29H33Cl2N3O4S. The molecule has 208 valence electrons. The fourth-order valence-electron chi connectivity index (χ4n) is 3.95. The topological polar surface area (TPSA) is 86.8 Å². The van der Waals surface area contributed by atoms with E-state index in [9.17, 15) is 18.0 Å². The standard InChI is InChI=1S/C29H33Cl2N3O4S/c1-20(2)17-32-29(36)22(4)33(18-23-10-12-24(30)13-11-23)28(35)19-34(27-15-14-25(31)16-21(27)3)39(37,38)26-8-6-5-7-9-26/h5-16,20,22H,17-19H2,1-4H3,(H,32,36). The van der Waals surface area contributed by atoms with E-state index in [4.69, 9.17) is 23.2 Å². The van der Waals surface area contributed by atoms with E-state index in [0.717, 1.165) is 9.87 Å². The van der Waals surface area contributed by atoms with Crippen LogP contribution in [0.5, 0.6) is 0 Å². The number of nitrogens with one attached hydrogen (secondary N) is 1. The SMILES string of the molecule is Cc1cc(Cl)ccc1N(CC(=O)N(Cc1ccc(Cl)cc1)C(C)C(=O)NCC(C)C)S(=O)(=O)c1ccccc1. The molecule has 2 amide bonds. The molecule has 7 nitrogen and oxygen atoms in total. The molecule has 3 aromatic carbocycles. The minimum Gasteiger partial charge on any atom is -0.354 e. The van der Waals surface area contributed by atoms with Crippen molar-refractivity contribution in [3.05, 3.63) is 94.0 Å². The van der Waals surface area contributed by atoms with Gasteiger partial charge in [-0.2, -0.15) is 0 Å². The Hall–Kier alpha value is -3.07. The van der Waals surface area contributed by atoms with E-state index in [2.05, 4.69) is 5.32 Å². The van der Waals surface area contributed by atoms with Crippen LogP contribution in [0.3, 0.4) is 0 Å². The fourth-order valence-corrected chi connectivity index (χ4v) is 5.81. The van der Waals surface area contributed by atoms with Crippen molar-refractivity contribution >= 4 is 50.7 Å². The van der Waals surface area contributed by atoms with Gasteiger partial charge < -0.3 is 10.2 Å². The summed E-state index contributed by atoms with van der Waals surface area (Å²) in [7, 11) is -4.14. The first kappa shape index (κ1) is 30.5. The predicted molar refractivity (Wildman–Crippen MR) is 156 cm³/mol. The second-order valence-electron chi connectivity index (χ2n) is 9.72. The lowest BCUT2D eigenvalue weighted by molar-refractivity contribution is -0.139. The monoisotopic (exact) mass is 589 g/mol. The highest BCUT2D eigenvalue weighted by molar-refractivity contribution is 7.92. The van der Waals surface area contributed by atoms with Gasteiger partial charge in [-0.05, 0) is 73.4 Å². The molecule has 0 spiro atoms. The van der Waals surface area contributed by atoms with Gasteiger partial charge in [0.05, 0.1) is 10.6 Å². The highest BCUT2D eigenvalue weighted by atomic mass is 35.5. The van der Waals surface area contributed by atoms with E-state index in [1.54, 1.807) is 74.5 Å². The molecule has 1 atom stereocenters. The summed E-state index contributed by atoms with van der Waals surface area (Å²) in [5.74, 6) is -0.641. The van der Waals surface area contributed by atoms with Gasteiger partial charge >= 0.3 is 0 Å². The average Bonchev–Trinajstić information content (AvgIpc) is 2.90. The maximum absolute atomic E-state index is 13.9. The molecule has 0 radical (unpaired) electrons. The number of hydrogen-bond acceptors (Lipinski definition) is 4. The summed E-state index contributed by atoms with van der Waals surface area (Å²) in [6.45, 7) is 7.33. The minimum absolute atomic E-state index is 0.0409.